The first-order valence-electron chi connectivity index (χ1n) is 10.4. The van der Waals surface area contributed by atoms with Crippen molar-refractivity contribution in [1.82, 2.24) is 10.2 Å². The number of hydrogen-bond donors (Lipinski definition) is 1. The summed E-state index contributed by atoms with van der Waals surface area (Å²) in [6.45, 7) is 5.87. The molecule has 1 heterocycles. The molecule has 1 N–H and O–H groups in total. The molecule has 6 heteroatoms. The van der Waals surface area contributed by atoms with Crippen LogP contribution in [-0.2, 0) is 4.79 Å². The van der Waals surface area contributed by atoms with Gasteiger partial charge >= 0.3 is 0 Å². The van der Waals surface area contributed by atoms with Crippen LogP contribution in [0, 0.1) is 0 Å². The van der Waals surface area contributed by atoms with Crippen LogP contribution < -0.4 is 19.7 Å². The number of carbonyl (C=O) groups is 1. The van der Waals surface area contributed by atoms with Crippen molar-refractivity contribution in [2.24, 2.45) is 0 Å². The Labute approximate surface area is 179 Å². The summed E-state index contributed by atoms with van der Waals surface area (Å²) >= 11 is 0. The standard InChI is InChI=1S/C24H31N3O3/c1-29-22-17-20(18-23(19-22)30-2)9-10-24(28)25-11-6-12-26-13-15-27(16-14-26)21-7-4-3-5-8-21/h3-5,7-10,17-19H,6,11-16H2,1-2H3,(H,25,28)/b10-9+. The molecule has 2 aromatic rings. The largest absolute Gasteiger partial charge is 0.497 e. The van der Waals surface area contributed by atoms with E-state index >= 15 is 0 Å². The van der Waals surface area contributed by atoms with E-state index in [2.05, 4.69) is 45.4 Å². The Balaban J connectivity index is 1.35. The van der Waals surface area contributed by atoms with Crippen LogP contribution in [0.15, 0.2) is 54.6 Å². The van der Waals surface area contributed by atoms with Crippen molar-refractivity contribution in [3.63, 3.8) is 0 Å². The van der Waals surface area contributed by atoms with Crippen molar-refractivity contribution in [2.45, 2.75) is 6.42 Å². The summed E-state index contributed by atoms with van der Waals surface area (Å²) in [4.78, 5) is 17.0. The Kier molecular flexibility index (Phi) is 8.15. The van der Waals surface area contributed by atoms with E-state index < -0.39 is 0 Å². The zero-order chi connectivity index (χ0) is 21.2. The van der Waals surface area contributed by atoms with Gasteiger partial charge in [0.15, 0.2) is 0 Å². The molecule has 0 saturated carbocycles. The summed E-state index contributed by atoms with van der Waals surface area (Å²) in [6, 6.07) is 16.1. The number of benzene rings is 2. The van der Waals surface area contributed by atoms with Crippen molar-refractivity contribution in [2.75, 3.05) is 58.4 Å². The van der Waals surface area contributed by atoms with Crippen molar-refractivity contribution < 1.29 is 14.3 Å². The molecule has 0 bridgehead atoms. The first-order valence-corrected chi connectivity index (χ1v) is 10.4. The molecule has 0 radical (unpaired) electrons. The lowest BCUT2D eigenvalue weighted by Crippen LogP contribution is -2.47. The fourth-order valence-corrected chi connectivity index (χ4v) is 3.54. The molecule has 160 valence electrons. The van der Waals surface area contributed by atoms with Crippen molar-refractivity contribution >= 4 is 17.7 Å². The molecule has 0 aromatic heterocycles. The molecule has 1 saturated heterocycles. The molecule has 0 unspecified atom stereocenters. The number of anilines is 1. The SMILES string of the molecule is COc1cc(/C=C/C(=O)NCCCN2CCN(c3ccccc3)CC2)cc(OC)c1. The first kappa shape index (κ1) is 21.7. The summed E-state index contributed by atoms with van der Waals surface area (Å²) in [5.74, 6) is 1.30. The highest BCUT2D eigenvalue weighted by Crippen LogP contribution is 2.23. The van der Waals surface area contributed by atoms with Gasteiger partial charge in [-0.2, -0.15) is 0 Å². The number of rotatable bonds is 9. The summed E-state index contributed by atoms with van der Waals surface area (Å²) in [5, 5.41) is 2.96. The first-order chi connectivity index (χ1) is 14.7. The predicted molar refractivity (Wildman–Crippen MR) is 121 cm³/mol. The molecule has 0 spiro atoms. The van der Waals surface area contributed by atoms with Crippen molar-refractivity contribution in [3.8, 4) is 11.5 Å². The number of methoxy groups -OCH3 is 2. The van der Waals surface area contributed by atoms with Gasteiger partial charge in [-0.05, 0) is 48.9 Å². The van der Waals surface area contributed by atoms with Gasteiger partial charge < -0.3 is 19.7 Å². The number of carbonyl (C=O) groups excluding carboxylic acids is 1. The lowest BCUT2D eigenvalue weighted by molar-refractivity contribution is -0.116. The average molecular weight is 410 g/mol. The minimum absolute atomic E-state index is 0.0920. The Hall–Kier alpha value is -2.99. The number of piperazine rings is 1. The zero-order valence-electron chi connectivity index (χ0n) is 17.8. The molecule has 1 aliphatic rings. The number of nitrogens with one attached hydrogen (secondary N) is 1. The number of amides is 1. The van der Waals surface area contributed by atoms with Crippen LogP contribution in [0.5, 0.6) is 11.5 Å². The van der Waals surface area contributed by atoms with Crippen molar-refractivity contribution in [1.29, 1.82) is 0 Å². The quantitative estimate of drug-likeness (QED) is 0.510. The van der Waals surface area contributed by atoms with Gasteiger partial charge in [0.25, 0.3) is 0 Å². The lowest BCUT2D eigenvalue weighted by Gasteiger charge is -2.36. The Morgan fingerprint density at radius 3 is 2.30 bits per heavy atom. The third-order valence-corrected chi connectivity index (χ3v) is 5.24. The maximum atomic E-state index is 12.1. The molecule has 2 aromatic carbocycles. The fraction of sp³-hybridized carbons (Fsp3) is 0.375. The van der Waals surface area contributed by atoms with Gasteiger partial charge in [0.2, 0.25) is 5.91 Å². The summed E-state index contributed by atoms with van der Waals surface area (Å²) < 4.78 is 10.5. The van der Waals surface area contributed by atoms with E-state index in [0.717, 1.165) is 44.7 Å². The smallest absolute Gasteiger partial charge is 0.243 e. The van der Waals surface area contributed by atoms with Gasteiger partial charge in [-0.25, -0.2) is 0 Å². The molecule has 0 atom stereocenters. The van der Waals surface area contributed by atoms with Gasteiger partial charge in [0.05, 0.1) is 14.2 Å². The second-order valence-electron chi connectivity index (χ2n) is 7.29. The highest BCUT2D eigenvalue weighted by atomic mass is 16.5. The Morgan fingerprint density at radius 1 is 1.00 bits per heavy atom. The van der Waals surface area contributed by atoms with Crippen LogP contribution in [0.4, 0.5) is 5.69 Å². The number of nitrogens with zero attached hydrogens (tertiary/aromatic N) is 2. The molecule has 3 rings (SSSR count). The fourth-order valence-electron chi connectivity index (χ4n) is 3.54. The van der Waals surface area contributed by atoms with Gasteiger partial charge in [0.1, 0.15) is 11.5 Å². The van der Waals surface area contributed by atoms with Crippen LogP contribution in [0.2, 0.25) is 0 Å². The van der Waals surface area contributed by atoms with Gasteiger partial charge in [-0.3, -0.25) is 9.69 Å². The second kappa shape index (κ2) is 11.3. The average Bonchev–Trinajstić information content (AvgIpc) is 2.81. The molecular formula is C24H31N3O3. The maximum absolute atomic E-state index is 12.1. The topological polar surface area (TPSA) is 54.0 Å². The van der Waals surface area contributed by atoms with Crippen LogP contribution in [-0.4, -0.2) is 64.3 Å². The maximum Gasteiger partial charge on any atom is 0.243 e. The van der Waals surface area contributed by atoms with E-state index in [1.165, 1.54) is 5.69 Å². The van der Waals surface area contributed by atoms with Gasteiger partial charge in [-0.15, -0.1) is 0 Å². The summed E-state index contributed by atoms with van der Waals surface area (Å²) in [7, 11) is 3.22. The molecule has 6 nitrogen and oxygen atoms in total. The number of ether oxygens (including phenoxy) is 2. The van der Waals surface area contributed by atoms with E-state index in [4.69, 9.17) is 9.47 Å². The molecule has 30 heavy (non-hydrogen) atoms. The molecule has 1 amide bonds. The zero-order valence-corrected chi connectivity index (χ0v) is 17.8. The second-order valence-corrected chi connectivity index (χ2v) is 7.29. The van der Waals surface area contributed by atoms with Gasteiger partial charge in [0, 0.05) is 50.6 Å². The van der Waals surface area contributed by atoms with Crippen LogP contribution in [0.3, 0.4) is 0 Å². The minimum Gasteiger partial charge on any atom is -0.497 e. The van der Waals surface area contributed by atoms with Crippen LogP contribution in [0.25, 0.3) is 6.08 Å². The summed E-state index contributed by atoms with van der Waals surface area (Å²) in [6.07, 6.45) is 4.26. The molecule has 1 fully saturated rings. The normalized spacial score (nSPS) is 14.7. The van der Waals surface area contributed by atoms with E-state index in [9.17, 15) is 4.79 Å². The highest BCUT2D eigenvalue weighted by Gasteiger charge is 2.16. The number of para-hydroxylation sites is 1. The van der Waals surface area contributed by atoms with Crippen LogP contribution in [0.1, 0.15) is 12.0 Å². The number of hydrogen-bond acceptors (Lipinski definition) is 5. The van der Waals surface area contributed by atoms with Crippen molar-refractivity contribution in [3.05, 3.63) is 60.2 Å². The van der Waals surface area contributed by atoms with Gasteiger partial charge in [-0.1, -0.05) is 18.2 Å². The van der Waals surface area contributed by atoms with Crippen LogP contribution >= 0.6 is 0 Å². The minimum atomic E-state index is -0.0920. The highest BCUT2D eigenvalue weighted by molar-refractivity contribution is 5.91. The third-order valence-electron chi connectivity index (χ3n) is 5.24. The Morgan fingerprint density at radius 2 is 1.67 bits per heavy atom. The van der Waals surface area contributed by atoms with E-state index in [0.29, 0.717) is 18.0 Å². The lowest BCUT2D eigenvalue weighted by atomic mass is 10.2. The van der Waals surface area contributed by atoms with E-state index in [1.54, 1.807) is 32.4 Å². The Bertz CT molecular complexity index is 809. The monoisotopic (exact) mass is 409 g/mol. The van der Waals surface area contributed by atoms with E-state index in [1.807, 2.05) is 12.1 Å². The van der Waals surface area contributed by atoms with E-state index in [-0.39, 0.29) is 5.91 Å². The predicted octanol–water partition coefficient (Wildman–Crippen LogP) is 3.05. The molecule has 0 aliphatic carbocycles. The molecule has 1 aliphatic heterocycles. The third kappa shape index (κ3) is 6.52. The molecular weight excluding hydrogens is 378 g/mol. The summed E-state index contributed by atoms with van der Waals surface area (Å²) in [5.41, 5.74) is 2.16.